The number of nitrogens with one attached hydrogen (secondary N) is 1. The highest BCUT2D eigenvalue weighted by atomic mass is 79.9. The number of halogens is 1. The summed E-state index contributed by atoms with van der Waals surface area (Å²) in [6.07, 6.45) is 6.49. The fraction of sp³-hybridized carbons (Fsp3) is 0.481. The van der Waals surface area contributed by atoms with Gasteiger partial charge in [-0.05, 0) is 68.7 Å². The average Bonchev–Trinajstić information content (AvgIpc) is 2.80. The Morgan fingerprint density at radius 2 is 1.76 bits per heavy atom. The molecule has 1 aliphatic rings. The minimum atomic E-state index is -0.284. The number of carbonyl (C=O) groups is 2. The number of anilines is 1. The molecule has 1 amide bonds. The molecular formula is C27H36BrNO4. The number of methoxy groups -OCH3 is 1. The number of aryl methyl sites for hydroxylation is 1. The molecule has 33 heavy (non-hydrogen) atoms. The molecule has 1 fully saturated rings. The molecule has 180 valence electrons. The van der Waals surface area contributed by atoms with Gasteiger partial charge in [0.05, 0.1) is 7.11 Å². The largest absolute Gasteiger partial charge is 0.496 e. The van der Waals surface area contributed by atoms with Gasteiger partial charge in [-0.1, -0.05) is 48.3 Å². The number of rotatable bonds is 6. The third-order valence-electron chi connectivity index (χ3n) is 6.15. The first-order valence-electron chi connectivity index (χ1n) is 11.7. The van der Waals surface area contributed by atoms with Gasteiger partial charge in [-0.25, -0.2) is 0 Å². The van der Waals surface area contributed by atoms with Crippen LogP contribution in [-0.4, -0.2) is 19.0 Å². The van der Waals surface area contributed by atoms with Crippen molar-refractivity contribution in [2.45, 2.75) is 66.2 Å². The summed E-state index contributed by atoms with van der Waals surface area (Å²) < 4.78 is 11.3. The molecule has 1 N–H and O–H groups in total. The molecule has 2 aromatic rings. The molecule has 0 unspecified atom stereocenters. The SMILES string of the molecule is CCC1CCC(C(=O)Nc2ccc(C)c(OC)c2)CC1.CCc1c(Br)cccc1OC(C)=O. The van der Waals surface area contributed by atoms with Gasteiger partial charge in [0.2, 0.25) is 5.91 Å². The maximum absolute atomic E-state index is 12.3. The van der Waals surface area contributed by atoms with Crippen molar-refractivity contribution in [3.8, 4) is 11.5 Å². The van der Waals surface area contributed by atoms with Crippen LogP contribution in [0.1, 0.15) is 64.0 Å². The summed E-state index contributed by atoms with van der Waals surface area (Å²) in [5.74, 6) is 2.32. The maximum Gasteiger partial charge on any atom is 0.308 e. The lowest BCUT2D eigenvalue weighted by atomic mass is 9.80. The van der Waals surface area contributed by atoms with Crippen LogP contribution in [0.3, 0.4) is 0 Å². The summed E-state index contributed by atoms with van der Waals surface area (Å²) in [6.45, 7) is 7.66. The minimum Gasteiger partial charge on any atom is -0.496 e. The Bertz CT molecular complexity index is 936. The van der Waals surface area contributed by atoms with Gasteiger partial charge in [-0.15, -0.1) is 0 Å². The van der Waals surface area contributed by atoms with Gasteiger partial charge in [0.1, 0.15) is 11.5 Å². The van der Waals surface area contributed by atoms with E-state index in [1.165, 1.54) is 26.2 Å². The quantitative estimate of drug-likeness (QED) is 0.327. The van der Waals surface area contributed by atoms with Crippen LogP contribution in [0.2, 0.25) is 0 Å². The fourth-order valence-corrected chi connectivity index (χ4v) is 4.74. The first kappa shape index (κ1) is 26.9. The Morgan fingerprint density at radius 1 is 1.06 bits per heavy atom. The van der Waals surface area contributed by atoms with E-state index in [-0.39, 0.29) is 17.8 Å². The molecule has 0 radical (unpaired) electrons. The van der Waals surface area contributed by atoms with Gasteiger partial charge >= 0.3 is 5.97 Å². The van der Waals surface area contributed by atoms with Crippen molar-refractivity contribution in [2.75, 3.05) is 12.4 Å². The summed E-state index contributed by atoms with van der Waals surface area (Å²) in [7, 11) is 1.65. The standard InChI is InChI=1S/C17H25NO2.C10H11BrO2/c1-4-13-6-8-14(9-7-13)17(19)18-15-10-5-12(2)16(11-15)20-3;1-3-8-9(11)5-4-6-10(8)13-7(2)12/h5,10-11,13-14H,4,6-9H2,1-3H3,(H,18,19);4-6H,3H2,1-2H3. The van der Waals surface area contributed by atoms with E-state index < -0.39 is 0 Å². The second kappa shape index (κ2) is 13.4. The van der Waals surface area contributed by atoms with Crippen LogP contribution in [0, 0.1) is 18.8 Å². The highest BCUT2D eigenvalue weighted by molar-refractivity contribution is 9.10. The van der Waals surface area contributed by atoms with Crippen LogP contribution < -0.4 is 14.8 Å². The van der Waals surface area contributed by atoms with Crippen molar-refractivity contribution in [1.82, 2.24) is 0 Å². The van der Waals surface area contributed by atoms with Crippen molar-refractivity contribution in [3.05, 3.63) is 52.0 Å². The number of esters is 1. The molecule has 0 atom stereocenters. The van der Waals surface area contributed by atoms with Crippen LogP contribution in [0.15, 0.2) is 40.9 Å². The van der Waals surface area contributed by atoms with Crippen molar-refractivity contribution < 1.29 is 19.1 Å². The van der Waals surface area contributed by atoms with E-state index in [0.29, 0.717) is 5.75 Å². The maximum atomic E-state index is 12.3. The van der Waals surface area contributed by atoms with E-state index >= 15 is 0 Å². The Hall–Kier alpha value is -2.34. The third-order valence-corrected chi connectivity index (χ3v) is 6.90. The fourth-order valence-electron chi connectivity index (χ4n) is 4.11. The van der Waals surface area contributed by atoms with Gasteiger partial charge in [-0.2, -0.15) is 0 Å². The smallest absolute Gasteiger partial charge is 0.308 e. The molecule has 6 heteroatoms. The number of amides is 1. The van der Waals surface area contributed by atoms with E-state index in [2.05, 4.69) is 28.2 Å². The Morgan fingerprint density at radius 3 is 2.33 bits per heavy atom. The highest BCUT2D eigenvalue weighted by Crippen LogP contribution is 2.32. The summed E-state index contributed by atoms with van der Waals surface area (Å²) in [6, 6.07) is 11.4. The average molecular weight is 518 g/mol. The number of carbonyl (C=O) groups excluding carboxylic acids is 2. The molecule has 0 aliphatic heterocycles. The van der Waals surface area contributed by atoms with E-state index in [0.717, 1.165) is 52.2 Å². The van der Waals surface area contributed by atoms with Crippen molar-refractivity contribution in [1.29, 1.82) is 0 Å². The lowest BCUT2D eigenvalue weighted by molar-refractivity contribution is -0.132. The zero-order valence-corrected chi connectivity index (χ0v) is 22.0. The molecule has 1 saturated carbocycles. The van der Waals surface area contributed by atoms with Crippen molar-refractivity contribution in [2.24, 2.45) is 11.8 Å². The second-order valence-electron chi connectivity index (χ2n) is 8.46. The normalized spacial score (nSPS) is 17.4. The van der Waals surface area contributed by atoms with Gasteiger partial charge in [0.15, 0.2) is 0 Å². The Balaban J connectivity index is 0.000000257. The Kier molecular flexibility index (Phi) is 10.9. The van der Waals surface area contributed by atoms with E-state index in [4.69, 9.17) is 9.47 Å². The van der Waals surface area contributed by atoms with Crippen LogP contribution in [0.4, 0.5) is 5.69 Å². The van der Waals surface area contributed by atoms with Gasteiger partial charge in [0, 0.05) is 34.6 Å². The zero-order chi connectivity index (χ0) is 24.4. The van der Waals surface area contributed by atoms with Gasteiger partial charge in [-0.3, -0.25) is 9.59 Å². The summed E-state index contributed by atoms with van der Waals surface area (Å²) in [5, 5.41) is 3.03. The van der Waals surface area contributed by atoms with Crippen LogP contribution in [0.25, 0.3) is 0 Å². The van der Waals surface area contributed by atoms with Crippen LogP contribution in [0.5, 0.6) is 11.5 Å². The Labute approximate surface area is 206 Å². The van der Waals surface area contributed by atoms with Crippen molar-refractivity contribution >= 4 is 33.5 Å². The monoisotopic (exact) mass is 517 g/mol. The van der Waals surface area contributed by atoms with E-state index in [1.807, 2.05) is 44.2 Å². The molecule has 0 saturated heterocycles. The molecule has 1 aliphatic carbocycles. The van der Waals surface area contributed by atoms with E-state index in [1.54, 1.807) is 13.2 Å². The van der Waals surface area contributed by atoms with Crippen molar-refractivity contribution in [3.63, 3.8) is 0 Å². The second-order valence-corrected chi connectivity index (χ2v) is 9.32. The minimum absolute atomic E-state index is 0.158. The third kappa shape index (κ3) is 8.18. The van der Waals surface area contributed by atoms with Gasteiger partial charge in [0.25, 0.3) is 0 Å². The zero-order valence-electron chi connectivity index (χ0n) is 20.4. The lowest BCUT2D eigenvalue weighted by Crippen LogP contribution is -2.27. The number of hydrogen-bond acceptors (Lipinski definition) is 4. The molecule has 0 aromatic heterocycles. The summed E-state index contributed by atoms with van der Waals surface area (Å²) >= 11 is 3.41. The molecule has 2 aromatic carbocycles. The van der Waals surface area contributed by atoms with Gasteiger partial charge < -0.3 is 14.8 Å². The first-order valence-corrected chi connectivity index (χ1v) is 12.5. The molecular weight excluding hydrogens is 482 g/mol. The molecule has 0 heterocycles. The molecule has 0 bridgehead atoms. The summed E-state index contributed by atoms with van der Waals surface area (Å²) in [4.78, 5) is 23.1. The van der Waals surface area contributed by atoms with Crippen LogP contribution in [-0.2, 0) is 16.0 Å². The lowest BCUT2D eigenvalue weighted by Gasteiger charge is -2.27. The number of hydrogen-bond donors (Lipinski definition) is 1. The number of ether oxygens (including phenoxy) is 2. The molecule has 5 nitrogen and oxygen atoms in total. The highest BCUT2D eigenvalue weighted by Gasteiger charge is 2.25. The summed E-state index contributed by atoms with van der Waals surface area (Å²) in [5.41, 5.74) is 2.93. The molecule has 0 spiro atoms. The van der Waals surface area contributed by atoms with Crippen LogP contribution >= 0.6 is 15.9 Å². The molecule has 3 rings (SSSR count). The number of benzene rings is 2. The predicted octanol–water partition coefficient (Wildman–Crippen LogP) is 7.10. The predicted molar refractivity (Wildman–Crippen MR) is 137 cm³/mol. The first-order chi connectivity index (χ1) is 15.8. The topological polar surface area (TPSA) is 64.6 Å². The van der Waals surface area contributed by atoms with E-state index in [9.17, 15) is 9.59 Å².